The molecule has 0 N–H and O–H groups in total. The van der Waals surface area contributed by atoms with Crippen molar-refractivity contribution in [3.8, 4) is 0 Å². The van der Waals surface area contributed by atoms with Gasteiger partial charge in [-0.05, 0) is 12.2 Å². The Morgan fingerprint density at radius 1 is 1.75 bits per heavy atom. The van der Waals surface area contributed by atoms with Crippen LogP contribution in [0.3, 0.4) is 0 Å². The van der Waals surface area contributed by atoms with E-state index in [0.29, 0.717) is 0 Å². The monoisotopic (exact) mass is 153 g/mol. The summed E-state index contributed by atoms with van der Waals surface area (Å²) in [6.07, 6.45) is 0. The van der Waals surface area contributed by atoms with Crippen molar-refractivity contribution in [1.82, 2.24) is 0 Å². The average molecular weight is 153 g/mol. The molecule has 4 nitrogen and oxygen atoms in total. The lowest BCUT2D eigenvalue weighted by Crippen LogP contribution is -1.89. The third kappa shape index (κ3) is 3.69. The van der Waals surface area contributed by atoms with Gasteiger partial charge in [0.2, 0.25) is 0 Å². The average Bonchev–Trinajstić information content (AvgIpc) is 1.65. The summed E-state index contributed by atoms with van der Waals surface area (Å²) in [6, 6.07) is 0. The van der Waals surface area contributed by atoms with Crippen LogP contribution in [0, 0.1) is 0 Å². The van der Waals surface area contributed by atoms with Crippen LogP contribution in [0.5, 0.6) is 0 Å². The van der Waals surface area contributed by atoms with Crippen molar-refractivity contribution >= 4 is 27.9 Å². The van der Waals surface area contributed by atoms with Crippen LogP contribution in [0.1, 0.15) is 0 Å². The van der Waals surface area contributed by atoms with Gasteiger partial charge in [0.25, 0.3) is 5.17 Å². The lowest BCUT2D eigenvalue weighted by atomic mass is 11.3. The van der Waals surface area contributed by atoms with E-state index in [0.717, 1.165) is 0 Å². The summed E-state index contributed by atoms with van der Waals surface area (Å²) in [6.45, 7) is 0. The third-order valence-electron chi connectivity index (χ3n) is 0.324. The lowest BCUT2D eigenvalue weighted by Gasteiger charge is -1.84. The molecule has 0 fully saturated rings. The van der Waals surface area contributed by atoms with E-state index in [2.05, 4.69) is 21.3 Å². The Bertz CT molecular complexity index is 195. The minimum atomic E-state index is -2.49. The van der Waals surface area contributed by atoms with Crippen molar-refractivity contribution in [3.63, 3.8) is 0 Å². The first-order valence-electron chi connectivity index (χ1n) is 1.56. The van der Waals surface area contributed by atoms with Crippen molar-refractivity contribution in [2.75, 3.05) is 7.11 Å². The quantitative estimate of drug-likeness (QED) is 0.459. The van der Waals surface area contributed by atoms with Gasteiger partial charge >= 0.3 is 10.5 Å². The Labute approximate surface area is 53.2 Å². The molecule has 0 heterocycles. The smallest absolute Gasteiger partial charge is 0.320 e. The molecule has 0 aliphatic rings. The van der Waals surface area contributed by atoms with E-state index in [1.54, 1.807) is 0 Å². The van der Waals surface area contributed by atoms with Crippen LogP contribution in [0.2, 0.25) is 0 Å². The van der Waals surface area contributed by atoms with E-state index >= 15 is 0 Å². The normalized spacial score (nSPS) is 7.62. The van der Waals surface area contributed by atoms with Gasteiger partial charge in [-0.2, -0.15) is 8.42 Å². The number of hydrogen-bond donors (Lipinski definition) is 0. The standard InChI is InChI=1S/C2H3NO3S2/c1-6-2(7)3-8(4)5/h1H3. The Balaban J connectivity index is 4.12. The molecular weight excluding hydrogens is 150 g/mol. The molecule has 0 saturated carbocycles. The van der Waals surface area contributed by atoms with Crippen LogP contribution in [0.25, 0.3) is 0 Å². The highest BCUT2D eigenvalue weighted by Gasteiger charge is 1.84. The Morgan fingerprint density at radius 3 is 2.38 bits per heavy atom. The molecule has 0 amide bonds. The predicted octanol–water partition coefficient (Wildman–Crippen LogP) is -0.0196. The van der Waals surface area contributed by atoms with Gasteiger partial charge in [0.05, 0.1) is 7.11 Å². The number of ether oxygens (including phenoxy) is 1. The number of methoxy groups -OCH3 is 1. The minimum absolute atomic E-state index is 0.279. The topological polar surface area (TPSA) is 55.7 Å². The molecule has 0 aromatic heterocycles. The van der Waals surface area contributed by atoms with E-state index in [4.69, 9.17) is 0 Å². The van der Waals surface area contributed by atoms with Gasteiger partial charge in [-0.15, -0.1) is 0 Å². The molecule has 0 rings (SSSR count). The molecule has 0 aromatic rings. The zero-order valence-corrected chi connectivity index (χ0v) is 5.62. The fourth-order valence-electron chi connectivity index (χ4n) is 0.0981. The molecule has 0 aliphatic heterocycles. The molecule has 8 heavy (non-hydrogen) atoms. The van der Waals surface area contributed by atoms with Crippen molar-refractivity contribution in [2.45, 2.75) is 0 Å². The minimum Gasteiger partial charge on any atom is -0.472 e. The maximum Gasteiger partial charge on any atom is 0.320 e. The van der Waals surface area contributed by atoms with Crippen molar-refractivity contribution < 1.29 is 13.2 Å². The van der Waals surface area contributed by atoms with Crippen LogP contribution < -0.4 is 0 Å². The van der Waals surface area contributed by atoms with Crippen molar-refractivity contribution in [3.05, 3.63) is 0 Å². The highest BCUT2D eigenvalue weighted by Crippen LogP contribution is 1.77. The second kappa shape index (κ2) is 3.50. The first-order valence-corrected chi connectivity index (χ1v) is 3.00. The molecular formula is C2H3NO3S2. The summed E-state index contributed by atoms with van der Waals surface area (Å²) in [5, 5.41) is -0.279. The summed E-state index contributed by atoms with van der Waals surface area (Å²) in [4.78, 5) is 0. The van der Waals surface area contributed by atoms with Crippen LogP contribution in [0.15, 0.2) is 4.36 Å². The van der Waals surface area contributed by atoms with Crippen LogP contribution >= 0.6 is 12.2 Å². The van der Waals surface area contributed by atoms with Gasteiger partial charge < -0.3 is 4.74 Å². The molecule has 46 valence electrons. The summed E-state index contributed by atoms with van der Waals surface area (Å²) in [5.74, 6) is 0. The maximum absolute atomic E-state index is 9.63. The van der Waals surface area contributed by atoms with Crippen LogP contribution in [-0.2, 0) is 15.2 Å². The molecule has 6 heteroatoms. The molecule has 0 radical (unpaired) electrons. The fourth-order valence-corrected chi connectivity index (χ4v) is 0.477. The van der Waals surface area contributed by atoms with E-state index in [1.165, 1.54) is 7.11 Å². The fraction of sp³-hybridized carbons (Fsp3) is 0.500. The molecule has 0 unspecified atom stereocenters. The van der Waals surface area contributed by atoms with Crippen LogP contribution in [0.4, 0.5) is 0 Å². The largest absolute Gasteiger partial charge is 0.472 e. The van der Waals surface area contributed by atoms with Crippen molar-refractivity contribution in [1.29, 1.82) is 0 Å². The molecule has 0 saturated heterocycles. The first-order chi connectivity index (χ1) is 3.66. The number of rotatable bonds is 0. The zero-order chi connectivity index (χ0) is 6.57. The van der Waals surface area contributed by atoms with Gasteiger partial charge in [0, 0.05) is 0 Å². The molecule has 0 spiro atoms. The third-order valence-corrected chi connectivity index (χ3v) is 1.01. The van der Waals surface area contributed by atoms with Gasteiger partial charge in [-0.3, -0.25) is 0 Å². The highest BCUT2D eigenvalue weighted by molar-refractivity contribution is 7.80. The Kier molecular flexibility index (Phi) is 3.29. The highest BCUT2D eigenvalue weighted by atomic mass is 32.2. The summed E-state index contributed by atoms with van der Waals surface area (Å²) < 4.78 is 26.3. The lowest BCUT2D eigenvalue weighted by molar-refractivity contribution is 0.409. The van der Waals surface area contributed by atoms with Gasteiger partial charge in [0.1, 0.15) is 0 Å². The number of hydrogen-bond acceptors (Lipinski definition) is 4. The molecule has 0 atom stereocenters. The second-order valence-corrected chi connectivity index (χ2v) is 1.74. The SMILES string of the molecule is COC(=S)N=S(=O)=O. The van der Waals surface area contributed by atoms with E-state index in [1.807, 2.05) is 0 Å². The number of thiocarbonyl (C=S) groups is 1. The van der Waals surface area contributed by atoms with E-state index in [-0.39, 0.29) is 5.17 Å². The molecule has 0 aliphatic carbocycles. The van der Waals surface area contributed by atoms with Gasteiger partial charge in [-0.1, -0.05) is 4.36 Å². The Morgan fingerprint density at radius 2 is 2.25 bits per heavy atom. The zero-order valence-electron chi connectivity index (χ0n) is 3.99. The molecule has 0 aromatic carbocycles. The number of nitrogens with zero attached hydrogens (tertiary/aromatic N) is 1. The van der Waals surface area contributed by atoms with Crippen molar-refractivity contribution in [2.24, 2.45) is 4.36 Å². The maximum atomic E-state index is 9.63. The molecule has 0 bridgehead atoms. The summed E-state index contributed by atoms with van der Waals surface area (Å²) >= 11 is 4.25. The second-order valence-electron chi connectivity index (χ2n) is 0.778. The van der Waals surface area contributed by atoms with Gasteiger partial charge in [-0.25, -0.2) is 0 Å². The Hall–Kier alpha value is -0.490. The summed E-state index contributed by atoms with van der Waals surface area (Å²) in [7, 11) is -1.24. The van der Waals surface area contributed by atoms with Gasteiger partial charge in [0.15, 0.2) is 0 Å². The summed E-state index contributed by atoms with van der Waals surface area (Å²) in [5.41, 5.74) is 0. The predicted molar refractivity (Wildman–Crippen MR) is 31.0 cm³/mol. The van der Waals surface area contributed by atoms with E-state index < -0.39 is 10.5 Å². The van der Waals surface area contributed by atoms with Crippen LogP contribution in [-0.4, -0.2) is 20.7 Å². The van der Waals surface area contributed by atoms with E-state index in [9.17, 15) is 8.42 Å². The first kappa shape index (κ1) is 7.51.